The van der Waals surface area contributed by atoms with Gasteiger partial charge in [-0.1, -0.05) is 23.2 Å². The summed E-state index contributed by atoms with van der Waals surface area (Å²) in [7, 11) is 1.45. The summed E-state index contributed by atoms with van der Waals surface area (Å²) in [4.78, 5) is 28.6. The second-order valence-corrected chi connectivity index (χ2v) is 5.19. The maximum Gasteiger partial charge on any atom is 0.251 e. The van der Waals surface area contributed by atoms with Gasteiger partial charge in [0, 0.05) is 13.6 Å². The highest BCUT2D eigenvalue weighted by molar-refractivity contribution is 6.37. The molecule has 1 fully saturated rings. The quantitative estimate of drug-likeness (QED) is 0.831. The number of hydrogen-bond acceptors (Lipinski definition) is 5. The van der Waals surface area contributed by atoms with Crippen molar-refractivity contribution in [3.05, 3.63) is 16.1 Å². The molecular formula is C12H14Cl2N4O2. The number of nitrogens with zero attached hydrogens (tertiary/aromatic N) is 2. The lowest BCUT2D eigenvalue weighted by atomic mass is 10.2. The Hall–Kier alpha value is -1.53. The maximum absolute atomic E-state index is 11.8. The van der Waals surface area contributed by atoms with Crippen LogP contribution in [0.25, 0.3) is 0 Å². The van der Waals surface area contributed by atoms with Gasteiger partial charge in [0.2, 0.25) is 5.91 Å². The monoisotopic (exact) mass is 316 g/mol. The first kappa shape index (κ1) is 14.9. The van der Waals surface area contributed by atoms with Gasteiger partial charge in [0.05, 0.1) is 16.5 Å². The zero-order valence-corrected chi connectivity index (χ0v) is 12.5. The third-order valence-electron chi connectivity index (χ3n) is 2.97. The van der Waals surface area contributed by atoms with E-state index in [1.54, 1.807) is 6.07 Å². The van der Waals surface area contributed by atoms with Crippen molar-refractivity contribution in [3.63, 3.8) is 0 Å². The Bertz CT molecular complexity index is 565. The molecule has 1 aromatic heterocycles. The van der Waals surface area contributed by atoms with Crippen LogP contribution in [0, 0.1) is 0 Å². The minimum Gasteiger partial charge on any atom is -0.369 e. The van der Waals surface area contributed by atoms with Crippen LogP contribution in [-0.2, 0) is 9.59 Å². The van der Waals surface area contributed by atoms with Crippen molar-refractivity contribution in [1.82, 2.24) is 9.88 Å². The molecule has 1 aliphatic rings. The molecule has 2 heterocycles. The van der Waals surface area contributed by atoms with E-state index >= 15 is 0 Å². The Kier molecular flexibility index (Phi) is 4.35. The number of carbonyl (C=O) groups excluding carboxylic acids is 2. The molecule has 2 amide bonds. The Morgan fingerprint density at radius 2 is 2.00 bits per heavy atom. The predicted molar refractivity (Wildman–Crippen MR) is 78.2 cm³/mol. The number of hydrogen-bond donors (Lipinski definition) is 2. The minimum atomic E-state index is -0.645. The van der Waals surface area contributed by atoms with Gasteiger partial charge in [-0.2, -0.15) is 0 Å². The predicted octanol–water partition coefficient (Wildman–Crippen LogP) is 1.99. The van der Waals surface area contributed by atoms with Crippen molar-refractivity contribution in [2.75, 3.05) is 24.2 Å². The molecule has 1 atom stereocenters. The fourth-order valence-electron chi connectivity index (χ4n) is 1.89. The number of halogens is 2. The van der Waals surface area contributed by atoms with Gasteiger partial charge < -0.3 is 10.6 Å². The molecule has 20 heavy (non-hydrogen) atoms. The molecule has 8 heteroatoms. The molecule has 0 saturated carbocycles. The molecule has 108 valence electrons. The molecule has 0 radical (unpaired) electrons. The van der Waals surface area contributed by atoms with E-state index in [2.05, 4.69) is 15.6 Å². The maximum atomic E-state index is 11.8. The van der Waals surface area contributed by atoms with Crippen molar-refractivity contribution in [3.8, 4) is 0 Å². The molecule has 0 bridgehead atoms. The van der Waals surface area contributed by atoms with Crippen LogP contribution >= 0.6 is 23.2 Å². The third kappa shape index (κ3) is 2.81. The number of pyridine rings is 1. The number of anilines is 2. The summed E-state index contributed by atoms with van der Waals surface area (Å²) in [5.41, 5.74) is 0. The molecule has 2 rings (SSSR count). The number of likely N-dealkylation sites (N-methyl/N-ethyl adjacent to an activating group) is 1. The smallest absolute Gasteiger partial charge is 0.251 e. The first-order valence-corrected chi connectivity index (χ1v) is 6.86. The molecule has 1 saturated heterocycles. The van der Waals surface area contributed by atoms with Gasteiger partial charge in [-0.05, 0) is 13.0 Å². The van der Waals surface area contributed by atoms with E-state index in [0.29, 0.717) is 28.2 Å². The number of amides is 2. The molecule has 1 unspecified atom stereocenters. The average molecular weight is 317 g/mol. The molecule has 0 aliphatic carbocycles. The van der Waals surface area contributed by atoms with Crippen molar-refractivity contribution >= 4 is 46.7 Å². The molecule has 6 nitrogen and oxygen atoms in total. The van der Waals surface area contributed by atoms with Crippen molar-refractivity contribution in [2.24, 2.45) is 0 Å². The Morgan fingerprint density at radius 1 is 1.35 bits per heavy atom. The lowest BCUT2D eigenvalue weighted by molar-refractivity contribution is -0.136. The summed E-state index contributed by atoms with van der Waals surface area (Å²) in [6.07, 6.45) is 0.0898. The van der Waals surface area contributed by atoms with Crippen LogP contribution in [0.3, 0.4) is 0 Å². The fraction of sp³-hybridized carbons (Fsp3) is 0.417. The Morgan fingerprint density at radius 3 is 2.55 bits per heavy atom. The molecule has 0 aromatic carbocycles. The molecule has 2 N–H and O–H groups in total. The highest BCUT2D eigenvalue weighted by Crippen LogP contribution is 2.30. The van der Waals surface area contributed by atoms with Crippen LogP contribution < -0.4 is 10.6 Å². The lowest BCUT2D eigenvalue weighted by Gasteiger charge is -2.15. The van der Waals surface area contributed by atoms with Crippen molar-refractivity contribution in [2.45, 2.75) is 19.4 Å². The highest BCUT2D eigenvalue weighted by Gasteiger charge is 2.36. The first-order valence-electron chi connectivity index (χ1n) is 6.11. The normalized spacial score (nSPS) is 18.6. The zero-order chi connectivity index (χ0) is 14.9. The van der Waals surface area contributed by atoms with Crippen LogP contribution in [0.4, 0.5) is 11.6 Å². The van der Waals surface area contributed by atoms with Crippen LogP contribution in [0.5, 0.6) is 0 Å². The van der Waals surface area contributed by atoms with E-state index in [0.717, 1.165) is 4.90 Å². The Balaban J connectivity index is 2.23. The fourth-order valence-corrected chi connectivity index (χ4v) is 2.37. The van der Waals surface area contributed by atoms with Gasteiger partial charge in [-0.25, -0.2) is 4.98 Å². The summed E-state index contributed by atoms with van der Waals surface area (Å²) in [6.45, 7) is 2.56. The summed E-state index contributed by atoms with van der Waals surface area (Å²) < 4.78 is 0. The SMILES string of the molecule is CCNc1nc(NC2CC(=O)N(C)C2=O)c(Cl)cc1Cl. The zero-order valence-electron chi connectivity index (χ0n) is 11.0. The van der Waals surface area contributed by atoms with Crippen molar-refractivity contribution in [1.29, 1.82) is 0 Å². The van der Waals surface area contributed by atoms with E-state index in [-0.39, 0.29) is 18.2 Å². The summed E-state index contributed by atoms with van der Waals surface area (Å²) >= 11 is 12.1. The van der Waals surface area contributed by atoms with Crippen LogP contribution in [0.2, 0.25) is 10.0 Å². The van der Waals surface area contributed by atoms with Gasteiger partial charge in [0.25, 0.3) is 5.91 Å². The number of carbonyl (C=O) groups is 2. The molecule has 1 aliphatic heterocycles. The number of imide groups is 1. The lowest BCUT2D eigenvalue weighted by Crippen LogP contribution is -2.32. The summed E-state index contributed by atoms with van der Waals surface area (Å²) in [6, 6.07) is 0.898. The molecule has 1 aromatic rings. The van der Waals surface area contributed by atoms with E-state index in [4.69, 9.17) is 23.2 Å². The standard InChI is InChI=1S/C12H14Cl2N4O2/c1-3-15-10-6(13)4-7(14)11(17-10)16-8-5-9(19)18(2)12(8)20/h4,8H,3,5H2,1-2H3,(H2,15,16,17). The van der Waals surface area contributed by atoms with Gasteiger partial charge in [0.15, 0.2) is 0 Å². The molecular weight excluding hydrogens is 303 g/mol. The van der Waals surface area contributed by atoms with Gasteiger partial charge in [-0.15, -0.1) is 0 Å². The topological polar surface area (TPSA) is 74.3 Å². The number of aromatic nitrogens is 1. The second kappa shape index (κ2) is 5.85. The minimum absolute atomic E-state index is 0.0898. The number of likely N-dealkylation sites (tertiary alicyclic amines) is 1. The first-order chi connectivity index (χ1) is 9.43. The summed E-state index contributed by atoms with van der Waals surface area (Å²) in [5.74, 6) is 0.275. The largest absolute Gasteiger partial charge is 0.369 e. The van der Waals surface area contributed by atoms with Crippen molar-refractivity contribution < 1.29 is 9.59 Å². The molecule has 0 spiro atoms. The third-order valence-corrected chi connectivity index (χ3v) is 3.54. The number of nitrogens with one attached hydrogen (secondary N) is 2. The van der Waals surface area contributed by atoms with E-state index < -0.39 is 6.04 Å². The van der Waals surface area contributed by atoms with Crippen LogP contribution in [-0.4, -0.2) is 41.3 Å². The van der Waals surface area contributed by atoms with Crippen LogP contribution in [0.1, 0.15) is 13.3 Å². The van der Waals surface area contributed by atoms with Gasteiger partial charge >= 0.3 is 0 Å². The second-order valence-electron chi connectivity index (χ2n) is 4.37. The average Bonchev–Trinajstić information content (AvgIpc) is 2.63. The van der Waals surface area contributed by atoms with Gasteiger partial charge in [0.1, 0.15) is 17.7 Å². The van der Waals surface area contributed by atoms with Gasteiger partial charge in [-0.3, -0.25) is 14.5 Å². The van der Waals surface area contributed by atoms with E-state index in [1.165, 1.54) is 7.05 Å². The van der Waals surface area contributed by atoms with E-state index in [9.17, 15) is 9.59 Å². The number of rotatable bonds is 4. The highest BCUT2D eigenvalue weighted by atomic mass is 35.5. The summed E-state index contributed by atoms with van der Waals surface area (Å²) in [5, 5.41) is 6.58. The Labute approximate surface area is 126 Å². The van der Waals surface area contributed by atoms with E-state index in [1.807, 2.05) is 6.92 Å². The van der Waals surface area contributed by atoms with Crippen LogP contribution in [0.15, 0.2) is 6.07 Å².